The van der Waals surface area contributed by atoms with Gasteiger partial charge in [-0.25, -0.2) is 8.42 Å². The molecule has 172 valence electrons. The number of fused-ring (bicyclic) bond motifs is 1. The van der Waals surface area contributed by atoms with Gasteiger partial charge in [0.1, 0.15) is 5.84 Å². The maximum atomic E-state index is 12.4. The number of ether oxygens (including phenoxy) is 2. The monoisotopic (exact) mass is 467 g/mol. The molecule has 32 heavy (non-hydrogen) atoms. The topological polar surface area (TPSA) is 106 Å². The van der Waals surface area contributed by atoms with E-state index in [1.165, 1.54) is 19.2 Å². The molecule has 0 saturated carbocycles. The van der Waals surface area contributed by atoms with Crippen molar-refractivity contribution in [2.45, 2.75) is 30.8 Å². The summed E-state index contributed by atoms with van der Waals surface area (Å²) < 4.78 is 60.7. The van der Waals surface area contributed by atoms with Crippen LogP contribution in [0.2, 0.25) is 0 Å². The molecule has 8 nitrogen and oxygen atoms in total. The smallest absolute Gasteiger partial charge is 0.387 e. The highest BCUT2D eigenvalue weighted by atomic mass is 32.2. The van der Waals surface area contributed by atoms with Crippen molar-refractivity contribution in [3.8, 4) is 11.5 Å². The Hall–Kier alpha value is -3.21. The molecule has 1 aliphatic heterocycles. The third kappa shape index (κ3) is 5.94. The number of rotatable bonds is 10. The van der Waals surface area contributed by atoms with Gasteiger partial charge in [-0.2, -0.15) is 8.78 Å². The number of hydrogen-bond acceptors (Lipinski definition) is 6. The van der Waals surface area contributed by atoms with Gasteiger partial charge < -0.3 is 14.8 Å². The summed E-state index contributed by atoms with van der Waals surface area (Å²) in [6.07, 6.45) is 1.17. The minimum absolute atomic E-state index is 0.0518. The lowest BCUT2D eigenvalue weighted by atomic mass is 10.1. The molecule has 1 amide bonds. The van der Waals surface area contributed by atoms with E-state index in [0.717, 1.165) is 5.56 Å². The Morgan fingerprint density at radius 1 is 1.19 bits per heavy atom. The van der Waals surface area contributed by atoms with Crippen LogP contribution in [0.4, 0.5) is 8.78 Å². The molecule has 0 aliphatic carbocycles. The lowest BCUT2D eigenvalue weighted by molar-refractivity contribution is -0.121. The molecule has 2 aromatic carbocycles. The number of aliphatic imine (C=N–C) groups is 1. The van der Waals surface area contributed by atoms with Crippen molar-refractivity contribution in [1.29, 1.82) is 0 Å². The van der Waals surface area contributed by atoms with Crippen molar-refractivity contribution >= 4 is 21.8 Å². The molecule has 2 N–H and O–H groups in total. The molecule has 2 aromatic rings. The van der Waals surface area contributed by atoms with Crippen LogP contribution >= 0.6 is 0 Å². The van der Waals surface area contributed by atoms with E-state index in [2.05, 4.69) is 19.8 Å². The second kappa shape index (κ2) is 10.4. The highest BCUT2D eigenvalue weighted by Crippen LogP contribution is 2.29. The van der Waals surface area contributed by atoms with Gasteiger partial charge in [0, 0.05) is 25.1 Å². The van der Waals surface area contributed by atoms with E-state index in [4.69, 9.17) is 4.74 Å². The minimum atomic E-state index is -3.57. The fourth-order valence-corrected chi connectivity index (χ4v) is 4.43. The number of alkyl halides is 2. The second-order valence-corrected chi connectivity index (χ2v) is 8.55. The van der Waals surface area contributed by atoms with Crippen molar-refractivity contribution in [2.24, 2.45) is 4.99 Å². The summed E-state index contributed by atoms with van der Waals surface area (Å²) in [5.74, 6) is 0.262. The highest BCUT2D eigenvalue weighted by Gasteiger charge is 2.29. The number of benzene rings is 2. The standard InChI is InChI=1S/C21H23F2N3O5S/c1-30-17-13-14(8-9-16(17)31-21(22)23)10-12-24-19(27)7-4-11-25-20-15-5-2-3-6-18(15)32(28,29)26-20/h2-3,5-6,8-9,13,21H,4,7,10-12H2,1H3,(H,24,27)(H,25,26). The molecule has 0 radical (unpaired) electrons. The predicted molar refractivity (Wildman–Crippen MR) is 114 cm³/mol. The molecule has 0 bridgehead atoms. The van der Waals surface area contributed by atoms with E-state index >= 15 is 0 Å². The summed E-state index contributed by atoms with van der Waals surface area (Å²) in [5, 5.41) is 2.78. The Morgan fingerprint density at radius 2 is 1.97 bits per heavy atom. The second-order valence-electron chi connectivity index (χ2n) is 6.90. The average Bonchev–Trinajstić information content (AvgIpc) is 3.02. The number of amidine groups is 1. The molecule has 11 heteroatoms. The van der Waals surface area contributed by atoms with E-state index in [9.17, 15) is 22.0 Å². The zero-order valence-electron chi connectivity index (χ0n) is 17.3. The van der Waals surface area contributed by atoms with Crippen LogP contribution in [0.15, 0.2) is 52.4 Å². The number of nitrogens with one attached hydrogen (secondary N) is 2. The highest BCUT2D eigenvalue weighted by molar-refractivity contribution is 7.90. The maximum Gasteiger partial charge on any atom is 0.387 e. The number of methoxy groups -OCH3 is 1. The molecule has 0 fully saturated rings. The van der Waals surface area contributed by atoms with Crippen LogP contribution in [0.3, 0.4) is 0 Å². The summed E-state index contributed by atoms with van der Waals surface area (Å²) in [6, 6.07) is 11.2. The summed E-state index contributed by atoms with van der Waals surface area (Å²) in [6.45, 7) is -2.29. The molecule has 0 saturated heterocycles. The first kappa shape index (κ1) is 23.5. The predicted octanol–water partition coefficient (Wildman–Crippen LogP) is 2.47. The van der Waals surface area contributed by atoms with Crippen LogP contribution in [0.1, 0.15) is 24.0 Å². The van der Waals surface area contributed by atoms with Crippen LogP contribution in [0.5, 0.6) is 11.5 Å². The van der Waals surface area contributed by atoms with Gasteiger partial charge in [0.05, 0.1) is 12.0 Å². The average molecular weight is 467 g/mol. The number of carbonyl (C=O) groups is 1. The number of hydrogen-bond donors (Lipinski definition) is 2. The summed E-state index contributed by atoms with van der Waals surface area (Å²) in [7, 11) is -2.22. The molecule has 1 aliphatic rings. The number of sulfonamides is 1. The van der Waals surface area contributed by atoms with Crippen LogP contribution in [-0.2, 0) is 21.2 Å². The summed E-state index contributed by atoms with van der Waals surface area (Å²) in [4.78, 5) is 16.5. The van der Waals surface area contributed by atoms with Gasteiger partial charge in [0.2, 0.25) is 5.91 Å². The first-order valence-electron chi connectivity index (χ1n) is 9.85. The Balaban J connectivity index is 1.42. The van der Waals surface area contributed by atoms with Gasteiger partial charge in [0.25, 0.3) is 10.0 Å². The van der Waals surface area contributed by atoms with Crippen LogP contribution in [0, 0.1) is 0 Å². The molecule has 3 rings (SSSR count). The lowest BCUT2D eigenvalue weighted by Crippen LogP contribution is -2.25. The lowest BCUT2D eigenvalue weighted by Gasteiger charge is -2.11. The number of nitrogens with zero attached hydrogens (tertiary/aromatic N) is 1. The first-order valence-corrected chi connectivity index (χ1v) is 11.3. The van der Waals surface area contributed by atoms with Crippen molar-refractivity contribution in [1.82, 2.24) is 10.0 Å². The Labute approximate surface area is 184 Å². The number of amides is 1. The number of halogens is 2. The Morgan fingerprint density at radius 3 is 2.72 bits per heavy atom. The zero-order chi connectivity index (χ0) is 23.1. The van der Waals surface area contributed by atoms with Gasteiger partial charge in [-0.15, -0.1) is 0 Å². The molecule has 0 aromatic heterocycles. The Bertz CT molecular complexity index is 1110. The summed E-state index contributed by atoms with van der Waals surface area (Å²) in [5.41, 5.74) is 1.32. The van der Waals surface area contributed by atoms with Gasteiger partial charge in [-0.3, -0.25) is 14.5 Å². The molecule has 0 atom stereocenters. The quantitative estimate of drug-likeness (QED) is 0.522. The normalized spacial score (nSPS) is 15.3. The fourth-order valence-electron chi connectivity index (χ4n) is 3.18. The van der Waals surface area contributed by atoms with Crippen LogP contribution < -0.4 is 19.5 Å². The fraction of sp³-hybridized carbons (Fsp3) is 0.333. The van der Waals surface area contributed by atoms with Gasteiger partial charge in [0.15, 0.2) is 11.5 Å². The molecule has 0 spiro atoms. The van der Waals surface area contributed by atoms with Crippen molar-refractivity contribution in [3.63, 3.8) is 0 Å². The molecule has 0 unspecified atom stereocenters. The van der Waals surface area contributed by atoms with Crippen LogP contribution in [0.25, 0.3) is 0 Å². The summed E-state index contributed by atoms with van der Waals surface area (Å²) >= 11 is 0. The van der Waals surface area contributed by atoms with E-state index in [-0.39, 0.29) is 34.6 Å². The van der Waals surface area contributed by atoms with Crippen LogP contribution in [-0.4, -0.2) is 47.0 Å². The first-order chi connectivity index (χ1) is 15.3. The van der Waals surface area contributed by atoms with Gasteiger partial charge in [-0.1, -0.05) is 18.2 Å². The van der Waals surface area contributed by atoms with Gasteiger partial charge in [-0.05, 0) is 42.7 Å². The molecule has 1 heterocycles. The SMILES string of the molecule is COc1cc(CCNC(=O)CCCN=C2NS(=O)(=O)c3ccccc32)ccc1OC(F)F. The molecular weight excluding hydrogens is 444 g/mol. The molecular formula is C21H23F2N3O5S. The third-order valence-electron chi connectivity index (χ3n) is 4.67. The van der Waals surface area contributed by atoms with E-state index in [1.807, 2.05) is 0 Å². The zero-order valence-corrected chi connectivity index (χ0v) is 18.1. The minimum Gasteiger partial charge on any atom is -0.493 e. The third-order valence-corrected chi connectivity index (χ3v) is 6.07. The van der Waals surface area contributed by atoms with E-state index < -0.39 is 16.6 Å². The van der Waals surface area contributed by atoms with Crippen molar-refractivity contribution in [3.05, 3.63) is 53.6 Å². The van der Waals surface area contributed by atoms with Gasteiger partial charge >= 0.3 is 6.61 Å². The van der Waals surface area contributed by atoms with E-state index in [1.54, 1.807) is 30.3 Å². The van der Waals surface area contributed by atoms with Crippen molar-refractivity contribution in [2.75, 3.05) is 20.2 Å². The van der Waals surface area contributed by atoms with E-state index in [0.29, 0.717) is 31.5 Å². The largest absolute Gasteiger partial charge is 0.493 e. The maximum absolute atomic E-state index is 12.4. The Kier molecular flexibility index (Phi) is 7.62. The van der Waals surface area contributed by atoms with Crippen molar-refractivity contribution < 1.29 is 31.5 Å². The number of carbonyl (C=O) groups excluding carboxylic acids is 1.